The van der Waals surface area contributed by atoms with E-state index in [4.69, 9.17) is 4.42 Å². The van der Waals surface area contributed by atoms with Gasteiger partial charge in [-0.3, -0.25) is 4.98 Å². The highest BCUT2D eigenvalue weighted by atomic mass is 32.2. The molecule has 0 spiro atoms. The molecule has 0 bridgehead atoms. The quantitative estimate of drug-likeness (QED) is 0.708. The Balaban J connectivity index is 1.65. The Hall–Kier alpha value is -3.27. The van der Waals surface area contributed by atoms with Crippen LogP contribution < -0.4 is 10.6 Å². The first-order chi connectivity index (χ1) is 12.1. The van der Waals surface area contributed by atoms with Gasteiger partial charge in [0.1, 0.15) is 5.76 Å². The average molecular weight is 359 g/mol. The van der Waals surface area contributed by atoms with Gasteiger partial charge in [0, 0.05) is 18.1 Å². The van der Waals surface area contributed by atoms with Gasteiger partial charge >= 0.3 is 6.03 Å². The van der Waals surface area contributed by atoms with Crippen molar-refractivity contribution in [3.05, 3.63) is 61.2 Å². The Morgan fingerprint density at radius 1 is 1.08 bits per heavy atom. The number of benzene rings is 1. The molecule has 2 heterocycles. The van der Waals surface area contributed by atoms with E-state index in [-0.39, 0.29) is 16.5 Å². The summed E-state index contributed by atoms with van der Waals surface area (Å²) in [5.41, 5.74) is 0.438. The van der Waals surface area contributed by atoms with Crippen LogP contribution in [0, 0.1) is 0 Å². The summed E-state index contributed by atoms with van der Waals surface area (Å²) in [6, 6.07) is 5.28. The second-order valence-corrected chi connectivity index (χ2v) is 6.74. The lowest BCUT2D eigenvalue weighted by Gasteiger charge is -2.08. The summed E-state index contributed by atoms with van der Waals surface area (Å²) in [4.78, 5) is 23.1. The molecule has 1 aromatic carbocycles. The number of sulfone groups is 1. The molecule has 128 valence electrons. The minimum Gasteiger partial charge on any atom is -0.447 e. The number of aromatic nitrogens is 3. The van der Waals surface area contributed by atoms with Gasteiger partial charge in [-0.15, -0.1) is 0 Å². The minimum absolute atomic E-state index is 0.0561. The van der Waals surface area contributed by atoms with E-state index >= 15 is 0 Å². The van der Waals surface area contributed by atoms with Crippen molar-refractivity contribution < 1.29 is 17.6 Å². The molecule has 10 heteroatoms. The fourth-order valence-corrected chi connectivity index (χ4v) is 3.07. The van der Waals surface area contributed by atoms with E-state index in [2.05, 4.69) is 25.6 Å². The Bertz CT molecular complexity index is 941. The standard InChI is InChI=1S/C15H13N5O4S/c21-15(19-8-12-7-17-10-24-12)20-11-1-3-13(4-2-11)25(22,23)14-9-16-5-6-18-14/h1-7,9-10H,8H2,(H2,19,20,21). The van der Waals surface area contributed by atoms with Gasteiger partial charge in [-0.1, -0.05) is 0 Å². The highest BCUT2D eigenvalue weighted by molar-refractivity contribution is 7.91. The van der Waals surface area contributed by atoms with Gasteiger partial charge in [-0.2, -0.15) is 0 Å². The molecule has 2 amide bonds. The van der Waals surface area contributed by atoms with Crippen molar-refractivity contribution in [3.63, 3.8) is 0 Å². The van der Waals surface area contributed by atoms with Crippen LogP contribution in [-0.4, -0.2) is 29.4 Å². The molecule has 0 aliphatic heterocycles. The molecular weight excluding hydrogens is 346 g/mol. The molecule has 2 N–H and O–H groups in total. The second kappa shape index (κ2) is 7.09. The number of rotatable bonds is 5. The molecular formula is C15H13N5O4S. The van der Waals surface area contributed by atoms with Gasteiger partial charge < -0.3 is 15.1 Å². The highest BCUT2D eigenvalue weighted by Gasteiger charge is 2.19. The predicted molar refractivity (Wildman–Crippen MR) is 86.3 cm³/mol. The molecule has 3 rings (SSSR count). The summed E-state index contributed by atoms with van der Waals surface area (Å²) in [7, 11) is -3.75. The maximum atomic E-state index is 12.4. The lowest BCUT2D eigenvalue weighted by Crippen LogP contribution is -2.28. The van der Waals surface area contributed by atoms with Crippen molar-refractivity contribution in [2.24, 2.45) is 0 Å². The lowest BCUT2D eigenvalue weighted by atomic mass is 10.3. The smallest absolute Gasteiger partial charge is 0.319 e. The van der Waals surface area contributed by atoms with Crippen molar-refractivity contribution in [1.29, 1.82) is 0 Å². The number of anilines is 1. The minimum atomic E-state index is -3.75. The number of hydrogen-bond donors (Lipinski definition) is 2. The third-order valence-electron chi connectivity index (χ3n) is 3.14. The van der Waals surface area contributed by atoms with Crippen LogP contribution in [0.4, 0.5) is 10.5 Å². The van der Waals surface area contributed by atoms with Crippen LogP contribution >= 0.6 is 0 Å². The molecule has 0 aliphatic rings. The summed E-state index contributed by atoms with van der Waals surface area (Å²) < 4.78 is 29.8. The van der Waals surface area contributed by atoms with Crippen molar-refractivity contribution in [1.82, 2.24) is 20.3 Å². The zero-order valence-corrected chi connectivity index (χ0v) is 13.6. The number of urea groups is 1. The van der Waals surface area contributed by atoms with Crippen molar-refractivity contribution in [3.8, 4) is 0 Å². The van der Waals surface area contributed by atoms with Crippen LogP contribution in [-0.2, 0) is 16.4 Å². The van der Waals surface area contributed by atoms with E-state index in [1.54, 1.807) is 0 Å². The summed E-state index contributed by atoms with van der Waals surface area (Å²) in [6.45, 7) is 0.185. The topological polar surface area (TPSA) is 127 Å². The van der Waals surface area contributed by atoms with Crippen molar-refractivity contribution >= 4 is 21.6 Å². The van der Waals surface area contributed by atoms with Crippen molar-refractivity contribution in [2.45, 2.75) is 16.5 Å². The maximum Gasteiger partial charge on any atom is 0.319 e. The first-order valence-corrected chi connectivity index (χ1v) is 8.57. The van der Waals surface area contributed by atoms with E-state index in [1.807, 2.05) is 0 Å². The largest absolute Gasteiger partial charge is 0.447 e. The molecule has 9 nitrogen and oxygen atoms in total. The second-order valence-electron chi connectivity index (χ2n) is 4.85. The molecule has 0 aliphatic carbocycles. The van der Waals surface area contributed by atoms with E-state index in [0.717, 1.165) is 0 Å². The fourth-order valence-electron chi connectivity index (χ4n) is 1.93. The third kappa shape index (κ3) is 3.98. The third-order valence-corrected chi connectivity index (χ3v) is 4.80. The van der Waals surface area contributed by atoms with Gasteiger partial charge in [0.15, 0.2) is 11.4 Å². The molecule has 0 saturated heterocycles. The van der Waals surface area contributed by atoms with E-state index in [1.165, 1.54) is 55.4 Å². The summed E-state index contributed by atoms with van der Waals surface area (Å²) >= 11 is 0. The molecule has 0 saturated carbocycles. The molecule has 0 atom stereocenters. The number of carbonyl (C=O) groups excluding carboxylic acids is 1. The van der Waals surface area contributed by atoms with Gasteiger partial charge in [-0.25, -0.2) is 23.2 Å². The number of hydrogen-bond acceptors (Lipinski definition) is 7. The molecule has 3 aromatic rings. The monoisotopic (exact) mass is 359 g/mol. The summed E-state index contributed by atoms with van der Waals surface area (Å²) in [5, 5.41) is 5.03. The molecule has 0 fully saturated rings. The van der Waals surface area contributed by atoms with Gasteiger partial charge in [0.2, 0.25) is 9.84 Å². The van der Waals surface area contributed by atoms with E-state index < -0.39 is 15.9 Å². The Kier molecular flexibility index (Phi) is 4.70. The molecule has 0 radical (unpaired) electrons. The maximum absolute atomic E-state index is 12.4. The van der Waals surface area contributed by atoms with Gasteiger partial charge in [0.05, 0.1) is 23.8 Å². The highest BCUT2D eigenvalue weighted by Crippen LogP contribution is 2.20. The predicted octanol–water partition coefficient (Wildman–Crippen LogP) is 1.62. The van der Waals surface area contributed by atoms with Crippen LogP contribution in [0.3, 0.4) is 0 Å². The number of amides is 2. The van der Waals surface area contributed by atoms with Gasteiger partial charge in [0.25, 0.3) is 0 Å². The molecule has 25 heavy (non-hydrogen) atoms. The van der Waals surface area contributed by atoms with Crippen LogP contribution in [0.1, 0.15) is 5.76 Å². The molecule has 0 unspecified atom stereocenters. The Labute approximate surface area is 143 Å². The zero-order chi connectivity index (χ0) is 17.7. The first-order valence-electron chi connectivity index (χ1n) is 7.09. The number of nitrogens with zero attached hydrogens (tertiary/aromatic N) is 3. The Morgan fingerprint density at radius 3 is 2.52 bits per heavy atom. The van der Waals surface area contributed by atoms with Crippen LogP contribution in [0.2, 0.25) is 0 Å². The van der Waals surface area contributed by atoms with Crippen molar-refractivity contribution in [2.75, 3.05) is 5.32 Å². The van der Waals surface area contributed by atoms with Crippen LogP contribution in [0.5, 0.6) is 0 Å². The Morgan fingerprint density at radius 2 is 1.88 bits per heavy atom. The normalized spacial score (nSPS) is 11.0. The molecule has 2 aromatic heterocycles. The zero-order valence-electron chi connectivity index (χ0n) is 12.8. The number of oxazole rings is 1. The van der Waals surface area contributed by atoms with Crippen LogP contribution in [0.15, 0.2) is 69.8 Å². The number of carbonyl (C=O) groups is 1. The lowest BCUT2D eigenvalue weighted by molar-refractivity contribution is 0.251. The SMILES string of the molecule is O=C(NCc1cnco1)Nc1ccc(S(=O)(=O)c2cnccn2)cc1. The average Bonchev–Trinajstić information content (AvgIpc) is 3.15. The number of nitrogens with one attached hydrogen (secondary N) is 2. The van der Waals surface area contributed by atoms with E-state index in [0.29, 0.717) is 11.4 Å². The summed E-state index contributed by atoms with van der Waals surface area (Å²) in [6.07, 6.45) is 6.64. The van der Waals surface area contributed by atoms with E-state index in [9.17, 15) is 13.2 Å². The first kappa shape index (κ1) is 16.6. The van der Waals surface area contributed by atoms with Gasteiger partial charge in [-0.05, 0) is 24.3 Å². The summed E-state index contributed by atoms with van der Waals surface area (Å²) in [5.74, 6) is 0.514. The van der Waals surface area contributed by atoms with Crippen LogP contribution in [0.25, 0.3) is 0 Å². The fraction of sp³-hybridized carbons (Fsp3) is 0.0667.